The summed E-state index contributed by atoms with van der Waals surface area (Å²) < 4.78 is 0. The van der Waals surface area contributed by atoms with Crippen molar-refractivity contribution in [2.75, 3.05) is 0 Å². The van der Waals surface area contributed by atoms with Crippen molar-refractivity contribution in [1.82, 2.24) is 0 Å². The Morgan fingerprint density at radius 3 is 2.40 bits per heavy atom. The molecular formula is C12H21NO2. The Morgan fingerprint density at radius 1 is 1.53 bits per heavy atom. The van der Waals surface area contributed by atoms with Crippen LogP contribution in [0.4, 0.5) is 0 Å². The molecule has 0 aliphatic rings. The maximum atomic E-state index is 10.4. The van der Waals surface area contributed by atoms with E-state index in [9.17, 15) is 4.79 Å². The van der Waals surface area contributed by atoms with Crippen molar-refractivity contribution in [3.8, 4) is 0 Å². The van der Waals surface area contributed by atoms with E-state index in [4.69, 9.17) is 10.8 Å². The molecule has 0 aliphatic carbocycles. The van der Waals surface area contributed by atoms with Gasteiger partial charge in [-0.2, -0.15) is 0 Å². The number of hydrogen-bond donors (Lipinski definition) is 2. The third kappa shape index (κ3) is 8.97. The van der Waals surface area contributed by atoms with E-state index < -0.39 is 12.0 Å². The van der Waals surface area contributed by atoms with Crippen LogP contribution >= 0.6 is 0 Å². The van der Waals surface area contributed by atoms with Gasteiger partial charge in [0.15, 0.2) is 0 Å². The molecular weight excluding hydrogens is 190 g/mol. The molecule has 0 aromatic rings. The Bertz CT molecular complexity index is 242. The van der Waals surface area contributed by atoms with Crippen LogP contribution in [0.15, 0.2) is 36.5 Å². The minimum absolute atomic E-state index is 0.325. The molecule has 3 nitrogen and oxygen atoms in total. The highest BCUT2D eigenvalue weighted by Crippen LogP contribution is 2.06. The molecule has 0 fully saturated rings. The summed E-state index contributed by atoms with van der Waals surface area (Å²) in [4.78, 5) is 10.4. The Kier molecular flexibility index (Phi) is 11.5. The van der Waals surface area contributed by atoms with Crippen molar-refractivity contribution >= 4 is 5.97 Å². The van der Waals surface area contributed by atoms with E-state index in [2.05, 4.69) is 6.58 Å². The van der Waals surface area contributed by atoms with Gasteiger partial charge in [0.1, 0.15) is 6.04 Å². The molecule has 0 aliphatic heterocycles. The lowest BCUT2D eigenvalue weighted by Crippen LogP contribution is -2.30. The first-order valence-electron chi connectivity index (χ1n) is 5.04. The molecule has 0 saturated heterocycles. The van der Waals surface area contributed by atoms with E-state index in [1.54, 1.807) is 12.2 Å². The fourth-order valence-corrected chi connectivity index (χ4v) is 0.898. The molecule has 3 heteroatoms. The van der Waals surface area contributed by atoms with E-state index in [-0.39, 0.29) is 0 Å². The van der Waals surface area contributed by atoms with Crippen LogP contribution in [-0.2, 0) is 4.79 Å². The summed E-state index contributed by atoms with van der Waals surface area (Å²) in [6, 6.07) is -0.845. The Labute approximate surface area is 92.0 Å². The highest BCUT2D eigenvalue weighted by atomic mass is 16.4. The number of allylic oxidation sites excluding steroid dienone is 4. The second-order valence-corrected chi connectivity index (χ2v) is 2.63. The number of aliphatic carboxylic acids is 1. The van der Waals surface area contributed by atoms with Gasteiger partial charge in [0.25, 0.3) is 0 Å². The van der Waals surface area contributed by atoms with Gasteiger partial charge in [-0.15, -0.1) is 0 Å². The van der Waals surface area contributed by atoms with E-state index in [0.29, 0.717) is 6.42 Å². The van der Waals surface area contributed by atoms with Gasteiger partial charge in [0.05, 0.1) is 0 Å². The molecule has 0 aromatic carbocycles. The Balaban J connectivity index is 0. The van der Waals surface area contributed by atoms with Crippen LogP contribution in [-0.4, -0.2) is 17.1 Å². The van der Waals surface area contributed by atoms with Crippen LogP contribution in [0, 0.1) is 0 Å². The normalized spacial score (nSPS) is 12.9. The summed E-state index contributed by atoms with van der Waals surface area (Å²) in [6.45, 7) is 9.40. The highest BCUT2D eigenvalue weighted by Gasteiger charge is 2.11. The fourth-order valence-electron chi connectivity index (χ4n) is 0.898. The maximum Gasteiger partial charge on any atom is 0.320 e. The molecule has 0 radical (unpaired) electrons. The minimum atomic E-state index is -0.987. The predicted octanol–water partition coefficient (Wildman–Crippen LogP) is 2.50. The number of carboxylic acid groups (broad SMARTS) is 1. The average Bonchev–Trinajstić information content (AvgIpc) is 2.21. The van der Waals surface area contributed by atoms with Crippen LogP contribution in [0.3, 0.4) is 0 Å². The van der Waals surface area contributed by atoms with Gasteiger partial charge in [0, 0.05) is 0 Å². The van der Waals surface area contributed by atoms with Crippen molar-refractivity contribution in [2.24, 2.45) is 5.73 Å². The summed E-state index contributed by atoms with van der Waals surface area (Å²) in [7, 11) is 0. The van der Waals surface area contributed by atoms with Crippen LogP contribution in [0.1, 0.15) is 27.2 Å². The maximum absolute atomic E-state index is 10.4. The molecule has 0 saturated carbocycles. The van der Waals surface area contributed by atoms with E-state index in [0.717, 1.165) is 5.57 Å². The quantitative estimate of drug-likeness (QED) is 0.687. The summed E-state index contributed by atoms with van der Waals surface area (Å²) in [5, 5.41) is 8.57. The van der Waals surface area contributed by atoms with Gasteiger partial charge in [0.2, 0.25) is 0 Å². The number of hydrogen-bond acceptors (Lipinski definition) is 2. The van der Waals surface area contributed by atoms with Crippen LogP contribution in [0.25, 0.3) is 0 Å². The molecule has 86 valence electrons. The monoisotopic (exact) mass is 211 g/mol. The minimum Gasteiger partial charge on any atom is -0.480 e. The first kappa shape index (κ1) is 16.1. The average molecular weight is 211 g/mol. The van der Waals surface area contributed by atoms with Gasteiger partial charge < -0.3 is 10.8 Å². The second kappa shape index (κ2) is 10.7. The Hall–Kier alpha value is -1.35. The third-order valence-corrected chi connectivity index (χ3v) is 1.49. The fraction of sp³-hybridized carbons (Fsp3) is 0.417. The zero-order valence-electron chi connectivity index (χ0n) is 9.73. The van der Waals surface area contributed by atoms with Crippen LogP contribution in [0.5, 0.6) is 0 Å². The van der Waals surface area contributed by atoms with E-state index in [1.807, 2.05) is 32.9 Å². The lowest BCUT2D eigenvalue weighted by Gasteiger charge is -2.06. The lowest BCUT2D eigenvalue weighted by atomic mass is 10.1. The molecule has 0 rings (SSSR count). The first-order valence-corrected chi connectivity index (χ1v) is 5.04. The Morgan fingerprint density at radius 2 is 2.07 bits per heavy atom. The lowest BCUT2D eigenvalue weighted by molar-refractivity contribution is -0.138. The third-order valence-electron chi connectivity index (χ3n) is 1.49. The van der Waals surface area contributed by atoms with Gasteiger partial charge in [-0.1, -0.05) is 44.7 Å². The van der Waals surface area contributed by atoms with Crippen molar-refractivity contribution < 1.29 is 9.90 Å². The summed E-state index contributed by atoms with van der Waals surface area (Å²) in [6.07, 6.45) is 7.35. The molecule has 0 heterocycles. The molecule has 0 spiro atoms. The van der Waals surface area contributed by atoms with Crippen LogP contribution in [0.2, 0.25) is 0 Å². The largest absolute Gasteiger partial charge is 0.480 e. The van der Waals surface area contributed by atoms with Gasteiger partial charge in [-0.3, -0.25) is 4.79 Å². The zero-order valence-corrected chi connectivity index (χ0v) is 9.73. The molecule has 3 N–H and O–H groups in total. The number of nitrogens with two attached hydrogens (primary N) is 1. The number of carbonyl (C=O) groups is 1. The zero-order chi connectivity index (χ0) is 12.3. The number of rotatable bonds is 5. The SMILES string of the molecule is C=C/C=C(\C=C/C)CC(N)C(=O)O.CC. The van der Waals surface area contributed by atoms with Gasteiger partial charge in [-0.05, 0) is 18.9 Å². The topological polar surface area (TPSA) is 63.3 Å². The summed E-state index contributed by atoms with van der Waals surface area (Å²) in [5.41, 5.74) is 6.24. The smallest absolute Gasteiger partial charge is 0.320 e. The van der Waals surface area contributed by atoms with E-state index >= 15 is 0 Å². The van der Waals surface area contributed by atoms with Crippen molar-refractivity contribution in [3.63, 3.8) is 0 Å². The summed E-state index contributed by atoms with van der Waals surface area (Å²) in [5.74, 6) is -0.987. The van der Waals surface area contributed by atoms with Gasteiger partial charge in [-0.25, -0.2) is 0 Å². The van der Waals surface area contributed by atoms with Crippen molar-refractivity contribution in [3.05, 3.63) is 36.5 Å². The number of carboxylic acids is 1. The first-order chi connectivity index (χ1) is 7.11. The standard InChI is InChI=1S/C10H15NO2.C2H6/c1-3-5-8(6-4-2)7-9(11)10(12)13;1-2/h3-6,9H,1,7,11H2,2H3,(H,12,13);1-2H3/b6-4-,8-5+;. The predicted molar refractivity (Wildman–Crippen MR) is 64.7 cm³/mol. The van der Waals surface area contributed by atoms with Crippen molar-refractivity contribution in [1.29, 1.82) is 0 Å². The van der Waals surface area contributed by atoms with Crippen LogP contribution < -0.4 is 5.73 Å². The molecule has 15 heavy (non-hydrogen) atoms. The second-order valence-electron chi connectivity index (χ2n) is 2.63. The van der Waals surface area contributed by atoms with Crippen molar-refractivity contribution in [2.45, 2.75) is 33.2 Å². The molecule has 1 unspecified atom stereocenters. The highest BCUT2D eigenvalue weighted by molar-refractivity contribution is 5.73. The van der Waals surface area contributed by atoms with Gasteiger partial charge >= 0.3 is 5.97 Å². The van der Waals surface area contributed by atoms with E-state index in [1.165, 1.54) is 0 Å². The molecule has 0 bridgehead atoms. The molecule has 0 aromatic heterocycles. The summed E-state index contributed by atoms with van der Waals surface area (Å²) >= 11 is 0. The molecule has 0 amide bonds. The molecule has 1 atom stereocenters.